The van der Waals surface area contributed by atoms with E-state index in [0.29, 0.717) is 11.4 Å². The Morgan fingerprint density at radius 2 is 1.88 bits per heavy atom. The van der Waals surface area contributed by atoms with Crippen molar-refractivity contribution < 1.29 is 9.90 Å². The van der Waals surface area contributed by atoms with Crippen molar-refractivity contribution in [1.29, 1.82) is 0 Å². The fourth-order valence-electron chi connectivity index (χ4n) is 3.58. The molecule has 1 aliphatic heterocycles. The Labute approximate surface area is 148 Å². The average Bonchev–Trinajstić information content (AvgIpc) is 2.67. The Bertz CT molecular complexity index is 710. The molecule has 3 rings (SSSR count). The van der Waals surface area contributed by atoms with Crippen LogP contribution in [0.2, 0.25) is 0 Å². The van der Waals surface area contributed by atoms with Crippen molar-refractivity contribution in [3.8, 4) is 0 Å². The van der Waals surface area contributed by atoms with Crippen molar-refractivity contribution in [2.75, 3.05) is 24.6 Å². The van der Waals surface area contributed by atoms with Crippen molar-refractivity contribution in [3.63, 3.8) is 0 Å². The first-order valence-corrected chi connectivity index (χ1v) is 8.78. The van der Waals surface area contributed by atoms with Gasteiger partial charge in [-0.25, -0.2) is 4.98 Å². The van der Waals surface area contributed by atoms with E-state index in [1.165, 1.54) is 5.56 Å². The largest absolute Gasteiger partial charge is 0.396 e. The highest BCUT2D eigenvalue weighted by atomic mass is 16.3. The summed E-state index contributed by atoms with van der Waals surface area (Å²) in [6, 6.07) is 13.8. The van der Waals surface area contributed by atoms with Crippen LogP contribution in [0.25, 0.3) is 0 Å². The highest BCUT2D eigenvalue weighted by Gasteiger charge is 2.34. The molecule has 0 saturated carbocycles. The maximum absolute atomic E-state index is 11.6. The normalized spacial score (nSPS) is 16.6. The van der Waals surface area contributed by atoms with E-state index in [9.17, 15) is 9.90 Å². The van der Waals surface area contributed by atoms with E-state index in [1.807, 2.05) is 6.07 Å². The number of aromatic nitrogens is 1. The van der Waals surface area contributed by atoms with E-state index in [-0.39, 0.29) is 12.0 Å². The van der Waals surface area contributed by atoms with Crippen LogP contribution in [-0.4, -0.2) is 35.7 Å². The first kappa shape index (κ1) is 17.4. The monoisotopic (exact) mass is 339 g/mol. The second kappa shape index (κ2) is 7.66. The summed E-state index contributed by atoms with van der Waals surface area (Å²) in [5.74, 6) is 0.204. The van der Waals surface area contributed by atoms with Gasteiger partial charge in [0.2, 0.25) is 0 Å². The molecule has 1 fully saturated rings. The third kappa shape index (κ3) is 3.99. The minimum atomic E-state index is -0.453. The lowest BCUT2D eigenvalue weighted by molar-refractivity contribution is 0.0870. The van der Waals surface area contributed by atoms with Gasteiger partial charge in [-0.15, -0.1) is 0 Å². The molecular formula is C20H25N3O2. The fourth-order valence-corrected chi connectivity index (χ4v) is 3.58. The molecule has 1 aromatic carbocycles. The van der Waals surface area contributed by atoms with Crippen molar-refractivity contribution in [1.82, 2.24) is 4.98 Å². The van der Waals surface area contributed by atoms with Gasteiger partial charge in [0.25, 0.3) is 5.91 Å². The number of carbonyl (C=O) groups excluding carboxylic acids is 1. The number of amides is 1. The van der Waals surface area contributed by atoms with Crippen molar-refractivity contribution in [2.24, 2.45) is 11.1 Å². The number of piperidine rings is 1. The number of aliphatic hydroxyl groups excluding tert-OH is 1. The zero-order valence-corrected chi connectivity index (χ0v) is 14.4. The minimum Gasteiger partial charge on any atom is -0.396 e. The van der Waals surface area contributed by atoms with E-state index >= 15 is 0 Å². The summed E-state index contributed by atoms with van der Waals surface area (Å²) < 4.78 is 0. The number of benzene rings is 1. The molecule has 0 aliphatic carbocycles. The predicted molar refractivity (Wildman–Crippen MR) is 98.5 cm³/mol. The highest BCUT2D eigenvalue weighted by molar-refractivity contribution is 5.97. The molecule has 132 valence electrons. The Morgan fingerprint density at radius 3 is 2.52 bits per heavy atom. The molecule has 25 heavy (non-hydrogen) atoms. The van der Waals surface area contributed by atoms with Gasteiger partial charge in [-0.3, -0.25) is 4.79 Å². The lowest BCUT2D eigenvalue weighted by Crippen LogP contribution is -2.43. The maximum atomic E-state index is 11.6. The zero-order chi connectivity index (χ0) is 17.7. The Morgan fingerprint density at radius 1 is 1.16 bits per heavy atom. The van der Waals surface area contributed by atoms with E-state index in [2.05, 4.69) is 34.1 Å². The van der Waals surface area contributed by atoms with Crippen molar-refractivity contribution >= 4 is 11.7 Å². The van der Waals surface area contributed by atoms with Gasteiger partial charge >= 0.3 is 0 Å². The summed E-state index contributed by atoms with van der Waals surface area (Å²) in [5, 5.41) is 10.0. The number of aryl methyl sites for hydroxylation is 1. The molecule has 5 heteroatoms. The number of pyridine rings is 1. The molecule has 5 nitrogen and oxygen atoms in total. The first-order chi connectivity index (χ1) is 12.1. The van der Waals surface area contributed by atoms with Gasteiger partial charge in [0.1, 0.15) is 5.82 Å². The van der Waals surface area contributed by atoms with E-state index in [0.717, 1.165) is 38.8 Å². The number of carbonyl (C=O) groups is 1. The van der Waals surface area contributed by atoms with Gasteiger partial charge in [-0.05, 0) is 48.8 Å². The molecule has 1 saturated heterocycles. The number of hydrogen-bond donors (Lipinski definition) is 2. The molecule has 0 unspecified atom stereocenters. The van der Waals surface area contributed by atoms with Crippen LogP contribution in [0, 0.1) is 5.41 Å². The van der Waals surface area contributed by atoms with E-state index in [1.54, 1.807) is 18.3 Å². The van der Waals surface area contributed by atoms with Crippen LogP contribution in [0.4, 0.5) is 5.82 Å². The Hall–Kier alpha value is -2.40. The smallest absolute Gasteiger partial charge is 0.252 e. The standard InChI is InChI=1S/C20H25N3O2/c21-18(25)17-7-4-12-22-19(17)23-13-10-20(15-24,11-14-23)9-8-16-5-2-1-3-6-16/h1-7,12,24H,8-11,13-15H2,(H2,21,25). The molecule has 1 amide bonds. The maximum Gasteiger partial charge on any atom is 0.252 e. The number of nitrogens with two attached hydrogens (primary N) is 1. The number of hydrogen-bond acceptors (Lipinski definition) is 4. The summed E-state index contributed by atoms with van der Waals surface area (Å²) in [5.41, 5.74) is 7.17. The SMILES string of the molecule is NC(=O)c1cccnc1N1CCC(CO)(CCc2ccccc2)CC1. The highest BCUT2D eigenvalue weighted by Crippen LogP contribution is 2.37. The van der Waals surface area contributed by atoms with Crippen LogP contribution in [0.5, 0.6) is 0 Å². The summed E-state index contributed by atoms with van der Waals surface area (Å²) in [6.07, 6.45) is 5.38. The minimum absolute atomic E-state index is 0.0615. The summed E-state index contributed by atoms with van der Waals surface area (Å²) >= 11 is 0. The summed E-state index contributed by atoms with van der Waals surface area (Å²) in [6.45, 7) is 1.73. The molecule has 2 heterocycles. The lowest BCUT2D eigenvalue weighted by Gasteiger charge is -2.41. The third-order valence-corrected chi connectivity index (χ3v) is 5.30. The van der Waals surface area contributed by atoms with Gasteiger partial charge in [0.05, 0.1) is 5.56 Å². The molecule has 2 aromatic rings. The number of rotatable bonds is 6. The number of nitrogens with zero attached hydrogens (tertiary/aromatic N) is 2. The fraction of sp³-hybridized carbons (Fsp3) is 0.400. The average molecular weight is 339 g/mol. The molecule has 0 atom stereocenters. The topological polar surface area (TPSA) is 79.5 Å². The molecule has 1 aliphatic rings. The summed E-state index contributed by atoms with van der Waals surface area (Å²) in [7, 11) is 0. The first-order valence-electron chi connectivity index (χ1n) is 8.78. The van der Waals surface area contributed by atoms with Crippen molar-refractivity contribution in [2.45, 2.75) is 25.7 Å². The second-order valence-electron chi connectivity index (χ2n) is 6.87. The van der Waals surface area contributed by atoms with Gasteiger partial charge < -0.3 is 15.7 Å². The quantitative estimate of drug-likeness (QED) is 0.847. The number of aliphatic hydroxyl groups is 1. The van der Waals surface area contributed by atoms with E-state index < -0.39 is 5.91 Å². The number of primary amides is 1. The van der Waals surface area contributed by atoms with Gasteiger partial charge in [0, 0.05) is 25.9 Å². The second-order valence-corrected chi connectivity index (χ2v) is 6.87. The molecular weight excluding hydrogens is 314 g/mol. The molecule has 0 spiro atoms. The molecule has 0 bridgehead atoms. The summed E-state index contributed by atoms with van der Waals surface area (Å²) in [4.78, 5) is 18.1. The predicted octanol–water partition coefficient (Wildman–Crippen LogP) is 2.39. The lowest BCUT2D eigenvalue weighted by atomic mass is 9.75. The van der Waals surface area contributed by atoms with Crippen LogP contribution in [-0.2, 0) is 6.42 Å². The van der Waals surface area contributed by atoms with Gasteiger partial charge in [-0.2, -0.15) is 0 Å². The molecule has 1 aromatic heterocycles. The molecule has 0 radical (unpaired) electrons. The number of anilines is 1. The van der Waals surface area contributed by atoms with Crippen LogP contribution in [0.3, 0.4) is 0 Å². The van der Waals surface area contributed by atoms with Crippen LogP contribution in [0.1, 0.15) is 35.2 Å². The zero-order valence-electron chi connectivity index (χ0n) is 14.4. The van der Waals surface area contributed by atoms with Crippen LogP contribution in [0.15, 0.2) is 48.7 Å². The third-order valence-electron chi connectivity index (χ3n) is 5.30. The molecule has 3 N–H and O–H groups in total. The Kier molecular flexibility index (Phi) is 5.34. The Balaban J connectivity index is 1.66. The van der Waals surface area contributed by atoms with Crippen molar-refractivity contribution in [3.05, 3.63) is 59.8 Å². The van der Waals surface area contributed by atoms with Gasteiger partial charge in [-0.1, -0.05) is 30.3 Å². The van der Waals surface area contributed by atoms with Crippen LogP contribution >= 0.6 is 0 Å². The van der Waals surface area contributed by atoms with Gasteiger partial charge in [0.15, 0.2) is 0 Å². The van der Waals surface area contributed by atoms with E-state index in [4.69, 9.17) is 5.73 Å². The van der Waals surface area contributed by atoms with Crippen LogP contribution < -0.4 is 10.6 Å².